The first-order valence-electron chi connectivity index (χ1n) is 5.05. The first-order valence-corrected chi connectivity index (χ1v) is 5.79. The molecule has 3 aromatic rings. The maximum atomic E-state index is 4.35. The first kappa shape index (κ1) is 9.47. The topological polar surface area (TPSA) is 54.5 Å². The molecule has 3 rings (SSSR count). The fourth-order valence-corrected chi connectivity index (χ4v) is 2.40. The van der Waals surface area contributed by atoms with E-state index in [2.05, 4.69) is 31.7 Å². The number of benzene rings is 1. The lowest BCUT2D eigenvalue weighted by Crippen LogP contribution is -1.97. The molecule has 0 aliphatic rings. The predicted octanol–water partition coefficient (Wildman–Crippen LogP) is 2.57. The van der Waals surface area contributed by atoms with Crippen molar-refractivity contribution < 1.29 is 0 Å². The maximum absolute atomic E-state index is 4.35. The minimum absolute atomic E-state index is 0.259. The van der Waals surface area contributed by atoms with Gasteiger partial charge in [0.1, 0.15) is 11.0 Å². The van der Waals surface area contributed by atoms with Gasteiger partial charge < -0.3 is 4.98 Å². The van der Waals surface area contributed by atoms with E-state index >= 15 is 0 Å². The number of aromatic amines is 1. The van der Waals surface area contributed by atoms with Crippen LogP contribution in [0.2, 0.25) is 0 Å². The molecule has 0 saturated carbocycles. The third kappa shape index (κ3) is 1.40. The predicted molar refractivity (Wildman–Crippen MR) is 63.5 cm³/mol. The molecule has 4 nitrogen and oxygen atoms in total. The number of fused-ring (bicyclic) bond motifs is 1. The van der Waals surface area contributed by atoms with Gasteiger partial charge >= 0.3 is 0 Å². The van der Waals surface area contributed by atoms with Gasteiger partial charge in [-0.1, -0.05) is 19.1 Å². The normalized spacial score (nSPS) is 13.1. The molecule has 5 heteroatoms. The highest BCUT2D eigenvalue weighted by Crippen LogP contribution is 2.27. The molecule has 0 fully saturated rings. The Bertz CT molecular complexity index is 599. The average molecular weight is 230 g/mol. The SMILES string of the molecule is CC(c1cnc[nH]1)c1cccc2nsnc12. The highest BCUT2D eigenvalue weighted by Gasteiger charge is 2.14. The van der Waals surface area contributed by atoms with Gasteiger partial charge in [0.2, 0.25) is 0 Å². The van der Waals surface area contributed by atoms with Crippen molar-refractivity contribution in [2.24, 2.45) is 0 Å². The molecule has 1 unspecified atom stereocenters. The second-order valence-electron chi connectivity index (χ2n) is 3.71. The molecule has 1 atom stereocenters. The Hall–Kier alpha value is -1.75. The third-order valence-electron chi connectivity index (χ3n) is 2.77. The van der Waals surface area contributed by atoms with Gasteiger partial charge in [-0.2, -0.15) is 8.75 Å². The van der Waals surface area contributed by atoms with Crippen LogP contribution in [0.3, 0.4) is 0 Å². The van der Waals surface area contributed by atoms with Gasteiger partial charge in [-0.25, -0.2) is 4.98 Å². The molecule has 0 radical (unpaired) electrons. The molecule has 80 valence electrons. The molecule has 0 aliphatic heterocycles. The van der Waals surface area contributed by atoms with Crippen LogP contribution in [-0.4, -0.2) is 18.7 Å². The molecule has 0 saturated heterocycles. The van der Waals surface area contributed by atoms with Crippen LogP contribution in [0.15, 0.2) is 30.7 Å². The van der Waals surface area contributed by atoms with Crippen LogP contribution < -0.4 is 0 Å². The summed E-state index contributed by atoms with van der Waals surface area (Å²) < 4.78 is 8.59. The molecular weight excluding hydrogens is 220 g/mol. The molecule has 0 spiro atoms. The highest BCUT2D eigenvalue weighted by atomic mass is 32.1. The number of hydrogen-bond donors (Lipinski definition) is 1. The quantitative estimate of drug-likeness (QED) is 0.736. The first-order chi connectivity index (χ1) is 7.86. The van der Waals surface area contributed by atoms with Crippen molar-refractivity contribution in [1.29, 1.82) is 0 Å². The van der Waals surface area contributed by atoms with Gasteiger partial charge in [0.25, 0.3) is 0 Å². The summed E-state index contributed by atoms with van der Waals surface area (Å²) in [5.74, 6) is 0.259. The zero-order chi connectivity index (χ0) is 11.0. The Balaban J connectivity index is 2.15. The highest BCUT2D eigenvalue weighted by molar-refractivity contribution is 7.00. The number of imidazole rings is 1. The van der Waals surface area contributed by atoms with Gasteiger partial charge in [0.05, 0.1) is 18.1 Å². The van der Waals surface area contributed by atoms with Gasteiger partial charge in [-0.3, -0.25) is 0 Å². The van der Waals surface area contributed by atoms with E-state index in [0.717, 1.165) is 16.7 Å². The van der Waals surface area contributed by atoms with Crippen LogP contribution in [0, 0.1) is 0 Å². The molecule has 2 aromatic heterocycles. The van der Waals surface area contributed by atoms with Crippen molar-refractivity contribution in [3.8, 4) is 0 Å². The third-order valence-corrected chi connectivity index (χ3v) is 3.31. The second-order valence-corrected chi connectivity index (χ2v) is 4.24. The molecule has 2 heterocycles. The average Bonchev–Trinajstić information content (AvgIpc) is 2.98. The number of H-pyrrole nitrogens is 1. The summed E-state index contributed by atoms with van der Waals surface area (Å²) in [5.41, 5.74) is 4.25. The van der Waals surface area contributed by atoms with Gasteiger partial charge in [0, 0.05) is 17.8 Å². The molecule has 0 bridgehead atoms. The van der Waals surface area contributed by atoms with Gasteiger partial charge in [-0.15, -0.1) is 0 Å². The monoisotopic (exact) mass is 230 g/mol. The van der Waals surface area contributed by atoms with E-state index in [1.807, 2.05) is 18.3 Å². The summed E-state index contributed by atoms with van der Waals surface area (Å²) in [5, 5.41) is 0. The number of nitrogens with one attached hydrogen (secondary N) is 1. The lowest BCUT2D eigenvalue weighted by Gasteiger charge is -2.09. The van der Waals surface area contributed by atoms with Crippen molar-refractivity contribution in [2.45, 2.75) is 12.8 Å². The van der Waals surface area contributed by atoms with Crippen LogP contribution >= 0.6 is 11.7 Å². The van der Waals surface area contributed by atoms with Crippen molar-refractivity contribution in [3.05, 3.63) is 42.0 Å². The minimum Gasteiger partial charge on any atom is -0.348 e. The van der Waals surface area contributed by atoms with Crippen molar-refractivity contribution in [3.63, 3.8) is 0 Å². The summed E-state index contributed by atoms with van der Waals surface area (Å²) in [7, 11) is 0. The zero-order valence-corrected chi connectivity index (χ0v) is 9.53. The Morgan fingerprint density at radius 1 is 1.31 bits per heavy atom. The van der Waals surface area contributed by atoms with Crippen LogP contribution in [0.5, 0.6) is 0 Å². The maximum Gasteiger partial charge on any atom is 0.108 e. The van der Waals surface area contributed by atoms with Crippen molar-refractivity contribution in [2.75, 3.05) is 0 Å². The molecular formula is C11H10N4S. The van der Waals surface area contributed by atoms with Crippen LogP contribution in [-0.2, 0) is 0 Å². The Labute approximate surface area is 96.7 Å². The lowest BCUT2D eigenvalue weighted by atomic mass is 9.97. The summed E-state index contributed by atoms with van der Waals surface area (Å²) >= 11 is 1.26. The molecule has 1 N–H and O–H groups in total. The van der Waals surface area contributed by atoms with E-state index < -0.39 is 0 Å². The van der Waals surface area contributed by atoms with E-state index in [4.69, 9.17) is 0 Å². The largest absolute Gasteiger partial charge is 0.348 e. The standard InChI is InChI=1S/C11H10N4S/c1-7(10-5-12-6-13-10)8-3-2-4-9-11(8)15-16-14-9/h2-7H,1H3,(H,12,13). The smallest absolute Gasteiger partial charge is 0.108 e. The van der Waals surface area contributed by atoms with Crippen molar-refractivity contribution >= 4 is 22.8 Å². The zero-order valence-electron chi connectivity index (χ0n) is 8.71. The number of aromatic nitrogens is 4. The van der Waals surface area contributed by atoms with E-state index in [9.17, 15) is 0 Å². The van der Waals surface area contributed by atoms with Crippen LogP contribution in [0.1, 0.15) is 24.1 Å². The van der Waals surface area contributed by atoms with Gasteiger partial charge in [-0.05, 0) is 11.6 Å². The number of hydrogen-bond acceptors (Lipinski definition) is 4. The van der Waals surface area contributed by atoms with Crippen LogP contribution in [0.4, 0.5) is 0 Å². The Kier molecular flexibility index (Phi) is 2.18. The van der Waals surface area contributed by atoms with E-state index in [1.165, 1.54) is 17.3 Å². The summed E-state index contributed by atoms with van der Waals surface area (Å²) in [6.45, 7) is 2.14. The van der Waals surface area contributed by atoms with E-state index in [0.29, 0.717) is 0 Å². The number of rotatable bonds is 2. The summed E-state index contributed by atoms with van der Waals surface area (Å²) in [6.07, 6.45) is 3.55. The van der Waals surface area contributed by atoms with E-state index in [-0.39, 0.29) is 5.92 Å². The van der Waals surface area contributed by atoms with Gasteiger partial charge in [0.15, 0.2) is 0 Å². The van der Waals surface area contributed by atoms with E-state index in [1.54, 1.807) is 6.33 Å². The Morgan fingerprint density at radius 3 is 3.06 bits per heavy atom. The van der Waals surface area contributed by atoms with Crippen molar-refractivity contribution in [1.82, 2.24) is 18.7 Å². The lowest BCUT2D eigenvalue weighted by molar-refractivity contribution is 0.890. The second kappa shape index (κ2) is 3.68. The molecule has 0 amide bonds. The summed E-state index contributed by atoms with van der Waals surface area (Å²) in [6, 6.07) is 6.10. The number of nitrogens with zero attached hydrogens (tertiary/aromatic N) is 3. The fourth-order valence-electron chi connectivity index (χ4n) is 1.85. The fraction of sp³-hybridized carbons (Fsp3) is 0.182. The summed E-state index contributed by atoms with van der Waals surface area (Å²) in [4.78, 5) is 7.18. The minimum atomic E-state index is 0.259. The Morgan fingerprint density at radius 2 is 2.25 bits per heavy atom. The molecule has 16 heavy (non-hydrogen) atoms. The van der Waals surface area contributed by atoms with Crippen LogP contribution in [0.25, 0.3) is 11.0 Å². The molecule has 0 aliphatic carbocycles. The molecule has 1 aromatic carbocycles.